The van der Waals surface area contributed by atoms with Crippen molar-refractivity contribution in [3.8, 4) is 0 Å². The van der Waals surface area contributed by atoms with E-state index in [1.165, 1.54) is 12.8 Å². The van der Waals surface area contributed by atoms with E-state index in [4.69, 9.17) is 10.5 Å². The van der Waals surface area contributed by atoms with Crippen LogP contribution in [0, 0.1) is 0 Å². The Morgan fingerprint density at radius 1 is 1.18 bits per heavy atom. The topological polar surface area (TPSA) is 38.5 Å². The molecule has 1 saturated carbocycles. The largest absolute Gasteiger partial charge is 0.379 e. The number of morpholine rings is 1. The average molecular weight is 156 g/mol. The minimum atomic E-state index is 0.475. The van der Waals surface area contributed by atoms with E-state index >= 15 is 0 Å². The van der Waals surface area contributed by atoms with Gasteiger partial charge in [0.25, 0.3) is 0 Å². The fourth-order valence-corrected chi connectivity index (χ4v) is 1.87. The molecule has 1 saturated heterocycles. The third-order valence-corrected chi connectivity index (χ3v) is 2.71. The molecule has 1 heterocycles. The Labute approximate surface area is 67.5 Å². The summed E-state index contributed by atoms with van der Waals surface area (Å²) in [5, 5.41) is 0. The van der Waals surface area contributed by atoms with Crippen molar-refractivity contribution in [3.05, 3.63) is 0 Å². The van der Waals surface area contributed by atoms with Gasteiger partial charge in [-0.15, -0.1) is 0 Å². The summed E-state index contributed by atoms with van der Waals surface area (Å²) in [6.45, 7) is 4.03. The van der Waals surface area contributed by atoms with Gasteiger partial charge in [0.05, 0.1) is 13.2 Å². The summed E-state index contributed by atoms with van der Waals surface area (Å²) in [5.41, 5.74) is 5.72. The Morgan fingerprint density at radius 2 is 1.82 bits per heavy atom. The summed E-state index contributed by atoms with van der Waals surface area (Å²) in [4.78, 5) is 2.51. The molecule has 0 atom stereocenters. The minimum absolute atomic E-state index is 0.475. The van der Waals surface area contributed by atoms with E-state index in [2.05, 4.69) is 4.90 Å². The first kappa shape index (κ1) is 7.53. The third-order valence-electron chi connectivity index (χ3n) is 2.71. The van der Waals surface area contributed by atoms with Gasteiger partial charge in [0.2, 0.25) is 0 Å². The van der Waals surface area contributed by atoms with Crippen molar-refractivity contribution in [2.24, 2.45) is 5.73 Å². The molecule has 64 valence electrons. The maximum Gasteiger partial charge on any atom is 0.0594 e. The fraction of sp³-hybridized carbons (Fsp3) is 1.00. The van der Waals surface area contributed by atoms with Gasteiger partial charge in [-0.05, 0) is 12.8 Å². The van der Waals surface area contributed by atoms with Crippen LogP contribution in [0.5, 0.6) is 0 Å². The zero-order valence-corrected chi connectivity index (χ0v) is 6.83. The van der Waals surface area contributed by atoms with Crippen LogP contribution in [0.15, 0.2) is 0 Å². The smallest absolute Gasteiger partial charge is 0.0594 e. The van der Waals surface area contributed by atoms with Crippen LogP contribution in [-0.4, -0.2) is 43.3 Å². The zero-order valence-electron chi connectivity index (χ0n) is 6.83. The molecule has 11 heavy (non-hydrogen) atoms. The monoisotopic (exact) mass is 156 g/mol. The number of hydrogen-bond donors (Lipinski definition) is 1. The van der Waals surface area contributed by atoms with Crippen LogP contribution in [0.2, 0.25) is 0 Å². The van der Waals surface area contributed by atoms with Crippen LogP contribution in [0.4, 0.5) is 0 Å². The Kier molecular flexibility index (Phi) is 2.11. The highest BCUT2D eigenvalue weighted by Gasteiger charge is 2.31. The van der Waals surface area contributed by atoms with Crippen molar-refractivity contribution in [2.45, 2.75) is 24.9 Å². The molecule has 2 rings (SSSR count). The molecular formula is C8H16N2O. The van der Waals surface area contributed by atoms with Gasteiger partial charge in [0, 0.05) is 25.2 Å². The van der Waals surface area contributed by atoms with Gasteiger partial charge in [0.1, 0.15) is 0 Å². The van der Waals surface area contributed by atoms with Crippen molar-refractivity contribution in [3.63, 3.8) is 0 Å². The summed E-state index contributed by atoms with van der Waals surface area (Å²) in [6.07, 6.45) is 2.39. The first-order valence-electron chi connectivity index (χ1n) is 4.43. The second kappa shape index (κ2) is 3.09. The summed E-state index contributed by atoms with van der Waals surface area (Å²) >= 11 is 0. The zero-order chi connectivity index (χ0) is 7.68. The second-order valence-corrected chi connectivity index (χ2v) is 3.53. The molecule has 0 aromatic carbocycles. The summed E-state index contributed by atoms with van der Waals surface area (Å²) < 4.78 is 5.27. The number of hydrogen-bond acceptors (Lipinski definition) is 3. The van der Waals surface area contributed by atoms with Gasteiger partial charge in [-0.3, -0.25) is 4.90 Å². The number of rotatable bonds is 1. The Morgan fingerprint density at radius 3 is 2.36 bits per heavy atom. The molecule has 0 amide bonds. The molecule has 3 nitrogen and oxygen atoms in total. The molecule has 0 aromatic heterocycles. The molecule has 1 aliphatic carbocycles. The van der Waals surface area contributed by atoms with Crippen molar-refractivity contribution >= 4 is 0 Å². The fourth-order valence-electron chi connectivity index (χ4n) is 1.87. The summed E-state index contributed by atoms with van der Waals surface area (Å²) in [5.74, 6) is 0. The highest BCUT2D eigenvalue weighted by molar-refractivity contribution is 4.90. The van der Waals surface area contributed by atoms with E-state index < -0.39 is 0 Å². The van der Waals surface area contributed by atoms with Crippen molar-refractivity contribution in [2.75, 3.05) is 26.3 Å². The van der Waals surface area contributed by atoms with Gasteiger partial charge >= 0.3 is 0 Å². The van der Waals surface area contributed by atoms with E-state index in [9.17, 15) is 0 Å². The molecule has 0 aromatic rings. The van der Waals surface area contributed by atoms with E-state index in [0.717, 1.165) is 32.3 Å². The predicted octanol–water partition coefficient (Wildman–Crippen LogP) is -0.192. The van der Waals surface area contributed by atoms with Crippen LogP contribution in [0.1, 0.15) is 12.8 Å². The molecule has 0 bridgehead atoms. The van der Waals surface area contributed by atoms with Crippen LogP contribution in [0.25, 0.3) is 0 Å². The van der Waals surface area contributed by atoms with Gasteiger partial charge < -0.3 is 10.5 Å². The maximum absolute atomic E-state index is 5.72. The molecule has 3 heteroatoms. The predicted molar refractivity (Wildman–Crippen MR) is 43.4 cm³/mol. The van der Waals surface area contributed by atoms with Crippen LogP contribution in [-0.2, 0) is 4.74 Å². The molecule has 1 aliphatic heterocycles. The SMILES string of the molecule is NC1CC(N2CCOCC2)C1. The van der Waals surface area contributed by atoms with E-state index in [1.54, 1.807) is 0 Å². The summed E-state index contributed by atoms with van der Waals surface area (Å²) in [6, 6.07) is 1.25. The lowest BCUT2D eigenvalue weighted by molar-refractivity contribution is -0.00616. The first-order chi connectivity index (χ1) is 5.36. The van der Waals surface area contributed by atoms with Crippen molar-refractivity contribution in [1.29, 1.82) is 0 Å². The number of nitrogens with zero attached hydrogens (tertiary/aromatic N) is 1. The normalized spacial score (nSPS) is 40.1. The van der Waals surface area contributed by atoms with Gasteiger partial charge in [-0.1, -0.05) is 0 Å². The van der Waals surface area contributed by atoms with Crippen LogP contribution in [0.3, 0.4) is 0 Å². The lowest BCUT2D eigenvalue weighted by Gasteiger charge is -2.42. The Bertz CT molecular complexity index is 128. The number of ether oxygens (including phenoxy) is 1. The van der Waals surface area contributed by atoms with Gasteiger partial charge in [-0.25, -0.2) is 0 Å². The Balaban J connectivity index is 1.76. The molecule has 2 aliphatic rings. The molecular weight excluding hydrogens is 140 g/mol. The second-order valence-electron chi connectivity index (χ2n) is 3.53. The van der Waals surface area contributed by atoms with E-state index in [1.807, 2.05) is 0 Å². The van der Waals surface area contributed by atoms with Crippen LogP contribution < -0.4 is 5.73 Å². The van der Waals surface area contributed by atoms with Crippen molar-refractivity contribution in [1.82, 2.24) is 4.90 Å². The van der Waals surface area contributed by atoms with Crippen molar-refractivity contribution < 1.29 is 4.74 Å². The summed E-state index contributed by atoms with van der Waals surface area (Å²) in [7, 11) is 0. The average Bonchev–Trinajstić information content (AvgIpc) is 2.01. The van der Waals surface area contributed by atoms with Crippen LogP contribution >= 0.6 is 0 Å². The molecule has 0 unspecified atom stereocenters. The maximum atomic E-state index is 5.72. The molecule has 2 N–H and O–H groups in total. The standard InChI is InChI=1S/C8H16N2O/c9-7-5-8(6-7)10-1-3-11-4-2-10/h7-8H,1-6,9H2. The third kappa shape index (κ3) is 1.55. The lowest BCUT2D eigenvalue weighted by atomic mass is 9.86. The molecule has 0 radical (unpaired) electrons. The minimum Gasteiger partial charge on any atom is -0.379 e. The molecule has 0 spiro atoms. The highest BCUT2D eigenvalue weighted by Crippen LogP contribution is 2.24. The van der Waals surface area contributed by atoms with Gasteiger partial charge in [0.15, 0.2) is 0 Å². The highest BCUT2D eigenvalue weighted by atomic mass is 16.5. The first-order valence-corrected chi connectivity index (χ1v) is 4.43. The van der Waals surface area contributed by atoms with Gasteiger partial charge in [-0.2, -0.15) is 0 Å². The quantitative estimate of drug-likeness (QED) is 0.572. The van der Waals surface area contributed by atoms with E-state index in [0.29, 0.717) is 6.04 Å². The number of nitrogens with two attached hydrogens (primary N) is 1. The Hall–Kier alpha value is -0.120. The van der Waals surface area contributed by atoms with E-state index in [-0.39, 0.29) is 0 Å². The molecule has 2 fully saturated rings. The lowest BCUT2D eigenvalue weighted by Crippen LogP contribution is -2.53.